The molecule has 0 aliphatic carbocycles. The molecule has 0 N–H and O–H groups in total. The summed E-state index contributed by atoms with van der Waals surface area (Å²) < 4.78 is 0. The molecule has 1 aromatic rings. The second-order valence-corrected chi connectivity index (χ2v) is 4.34. The first kappa shape index (κ1) is 10.8. The highest BCUT2D eigenvalue weighted by molar-refractivity contribution is 5.24. The molecule has 0 aliphatic heterocycles. The number of hydrogen-bond donors (Lipinski definition) is 0. The summed E-state index contributed by atoms with van der Waals surface area (Å²) in [5.74, 6) is 0. The van der Waals surface area contributed by atoms with E-state index in [1.807, 2.05) is 13.8 Å². The fraction of sp³-hybridized carbons (Fsp3) is 0.462. The monoisotopic (exact) mass is 187 g/mol. The Bertz CT molecular complexity index is 327. The van der Waals surface area contributed by atoms with Crippen molar-refractivity contribution < 1.29 is 0 Å². The Kier molecular flexibility index (Phi) is 3.30. The normalized spacial score (nSPS) is 11.0. The summed E-state index contributed by atoms with van der Waals surface area (Å²) in [7, 11) is 0. The molecule has 0 bridgehead atoms. The molecule has 0 spiro atoms. The van der Waals surface area contributed by atoms with Gasteiger partial charge in [0.25, 0.3) is 0 Å². The predicted molar refractivity (Wildman–Crippen MR) is 58.9 cm³/mol. The molecule has 74 valence electrons. The summed E-state index contributed by atoms with van der Waals surface area (Å²) in [5.41, 5.74) is 2.34. The van der Waals surface area contributed by atoms with Crippen molar-refractivity contribution in [3.63, 3.8) is 0 Å². The third-order valence-electron chi connectivity index (χ3n) is 2.38. The van der Waals surface area contributed by atoms with Crippen molar-refractivity contribution in [2.45, 2.75) is 33.6 Å². The van der Waals surface area contributed by atoms with E-state index < -0.39 is 0 Å². The first-order chi connectivity index (χ1) is 6.57. The highest BCUT2D eigenvalue weighted by Gasteiger charge is 2.16. The highest BCUT2D eigenvalue weighted by atomic mass is 14.3. The Balaban J connectivity index is 2.75. The zero-order valence-corrected chi connectivity index (χ0v) is 9.17. The van der Waals surface area contributed by atoms with Crippen LogP contribution in [0.3, 0.4) is 0 Å². The zero-order valence-electron chi connectivity index (χ0n) is 9.17. The number of benzene rings is 1. The van der Waals surface area contributed by atoms with Crippen LogP contribution in [0.1, 0.15) is 31.9 Å². The molecule has 0 aliphatic rings. The van der Waals surface area contributed by atoms with Gasteiger partial charge in [-0.3, -0.25) is 0 Å². The molecule has 1 heteroatoms. The van der Waals surface area contributed by atoms with Crippen molar-refractivity contribution in [3.05, 3.63) is 35.4 Å². The van der Waals surface area contributed by atoms with Crippen molar-refractivity contribution in [2.75, 3.05) is 0 Å². The summed E-state index contributed by atoms with van der Waals surface area (Å²) in [6.45, 7) is 6.09. The van der Waals surface area contributed by atoms with Crippen molar-refractivity contribution in [1.82, 2.24) is 0 Å². The van der Waals surface area contributed by atoms with Crippen LogP contribution in [0, 0.1) is 16.7 Å². The standard InChI is InChI=1S/C13H17N/c1-4-11-5-7-12(8-6-11)9-13(2,3)10-14/h5-8H,4,9H2,1-3H3. The van der Waals surface area contributed by atoms with Gasteiger partial charge in [-0.05, 0) is 37.8 Å². The Labute approximate surface area is 86.4 Å². The lowest BCUT2D eigenvalue weighted by molar-refractivity contribution is 0.493. The Hall–Kier alpha value is -1.29. The fourth-order valence-corrected chi connectivity index (χ4v) is 1.44. The summed E-state index contributed by atoms with van der Waals surface area (Å²) in [4.78, 5) is 0. The number of hydrogen-bond acceptors (Lipinski definition) is 1. The number of aryl methyl sites for hydroxylation is 1. The third-order valence-corrected chi connectivity index (χ3v) is 2.38. The van der Waals surface area contributed by atoms with Crippen LogP contribution in [-0.4, -0.2) is 0 Å². The van der Waals surface area contributed by atoms with Crippen LogP contribution in [0.5, 0.6) is 0 Å². The Morgan fingerprint density at radius 1 is 1.14 bits per heavy atom. The van der Waals surface area contributed by atoms with Gasteiger partial charge in [-0.2, -0.15) is 5.26 Å². The average molecular weight is 187 g/mol. The van der Waals surface area contributed by atoms with Crippen LogP contribution in [0.15, 0.2) is 24.3 Å². The van der Waals surface area contributed by atoms with Crippen molar-refractivity contribution in [2.24, 2.45) is 5.41 Å². The lowest BCUT2D eigenvalue weighted by Crippen LogP contribution is -2.11. The minimum absolute atomic E-state index is 0.256. The van der Waals surface area contributed by atoms with Crippen LogP contribution in [0.25, 0.3) is 0 Å². The molecule has 0 radical (unpaired) electrons. The van der Waals surface area contributed by atoms with Gasteiger partial charge in [-0.15, -0.1) is 0 Å². The minimum Gasteiger partial charge on any atom is -0.198 e. The van der Waals surface area contributed by atoms with E-state index >= 15 is 0 Å². The van der Waals surface area contributed by atoms with Gasteiger partial charge < -0.3 is 0 Å². The second kappa shape index (κ2) is 4.28. The molecule has 0 heterocycles. The highest BCUT2D eigenvalue weighted by Crippen LogP contribution is 2.20. The molecule has 1 rings (SSSR count). The van der Waals surface area contributed by atoms with Gasteiger partial charge in [0, 0.05) is 0 Å². The van der Waals surface area contributed by atoms with Crippen LogP contribution in [-0.2, 0) is 12.8 Å². The molecule has 0 amide bonds. The predicted octanol–water partition coefficient (Wildman–Crippen LogP) is 3.34. The van der Waals surface area contributed by atoms with Crippen LogP contribution in [0.2, 0.25) is 0 Å². The summed E-state index contributed by atoms with van der Waals surface area (Å²) >= 11 is 0. The van der Waals surface area contributed by atoms with Gasteiger partial charge in [0.1, 0.15) is 0 Å². The maximum atomic E-state index is 8.91. The van der Waals surface area contributed by atoms with Gasteiger partial charge >= 0.3 is 0 Å². The van der Waals surface area contributed by atoms with Crippen molar-refractivity contribution >= 4 is 0 Å². The number of nitrogens with zero attached hydrogens (tertiary/aromatic N) is 1. The summed E-state index contributed by atoms with van der Waals surface area (Å²) in [5, 5.41) is 8.91. The van der Waals surface area contributed by atoms with E-state index in [4.69, 9.17) is 5.26 Å². The van der Waals surface area contributed by atoms with Crippen molar-refractivity contribution in [1.29, 1.82) is 5.26 Å². The minimum atomic E-state index is -0.256. The zero-order chi connectivity index (χ0) is 10.6. The van der Waals surface area contributed by atoms with Gasteiger partial charge in [-0.1, -0.05) is 31.2 Å². The molecule has 0 saturated carbocycles. The van der Waals surface area contributed by atoms with E-state index in [9.17, 15) is 0 Å². The largest absolute Gasteiger partial charge is 0.198 e. The first-order valence-corrected chi connectivity index (χ1v) is 5.06. The van der Waals surface area contributed by atoms with Crippen LogP contribution < -0.4 is 0 Å². The van der Waals surface area contributed by atoms with E-state index in [2.05, 4.69) is 37.3 Å². The van der Waals surface area contributed by atoms with E-state index in [0.29, 0.717) is 0 Å². The average Bonchev–Trinajstić information content (AvgIpc) is 2.19. The third kappa shape index (κ3) is 2.88. The first-order valence-electron chi connectivity index (χ1n) is 5.06. The topological polar surface area (TPSA) is 23.8 Å². The molecule has 0 saturated heterocycles. The molecular formula is C13H17N. The molecule has 0 atom stereocenters. The van der Waals surface area contributed by atoms with E-state index in [-0.39, 0.29) is 5.41 Å². The number of nitriles is 1. The molecule has 0 fully saturated rings. The Morgan fingerprint density at radius 2 is 1.64 bits per heavy atom. The van der Waals surface area contributed by atoms with Crippen LogP contribution >= 0.6 is 0 Å². The fourth-order valence-electron chi connectivity index (χ4n) is 1.44. The summed E-state index contributed by atoms with van der Waals surface area (Å²) in [6.07, 6.45) is 1.90. The molecule has 0 unspecified atom stereocenters. The molecule has 0 aromatic heterocycles. The maximum Gasteiger partial charge on any atom is 0.0687 e. The van der Waals surface area contributed by atoms with Gasteiger partial charge in [-0.25, -0.2) is 0 Å². The van der Waals surface area contributed by atoms with Gasteiger partial charge in [0.15, 0.2) is 0 Å². The quantitative estimate of drug-likeness (QED) is 0.712. The van der Waals surface area contributed by atoms with E-state index in [1.165, 1.54) is 11.1 Å². The van der Waals surface area contributed by atoms with Crippen molar-refractivity contribution in [3.8, 4) is 6.07 Å². The molecule has 1 aromatic carbocycles. The molecular weight excluding hydrogens is 170 g/mol. The smallest absolute Gasteiger partial charge is 0.0687 e. The summed E-state index contributed by atoms with van der Waals surface area (Å²) in [6, 6.07) is 10.8. The number of rotatable bonds is 3. The Morgan fingerprint density at radius 3 is 2.07 bits per heavy atom. The van der Waals surface area contributed by atoms with Gasteiger partial charge in [0.05, 0.1) is 11.5 Å². The lowest BCUT2D eigenvalue weighted by Gasteiger charge is -2.14. The van der Waals surface area contributed by atoms with Crippen LogP contribution in [0.4, 0.5) is 0 Å². The van der Waals surface area contributed by atoms with E-state index in [1.54, 1.807) is 0 Å². The maximum absolute atomic E-state index is 8.91. The lowest BCUT2D eigenvalue weighted by atomic mass is 9.87. The second-order valence-electron chi connectivity index (χ2n) is 4.34. The molecule has 1 nitrogen and oxygen atoms in total. The van der Waals surface area contributed by atoms with E-state index in [0.717, 1.165) is 12.8 Å². The SMILES string of the molecule is CCc1ccc(CC(C)(C)C#N)cc1. The molecule has 14 heavy (non-hydrogen) atoms. The van der Waals surface area contributed by atoms with Gasteiger partial charge in [0.2, 0.25) is 0 Å².